The lowest BCUT2D eigenvalue weighted by molar-refractivity contribution is 0.0604. The summed E-state index contributed by atoms with van der Waals surface area (Å²) < 4.78 is 30.5. The molecule has 0 spiro atoms. The van der Waals surface area contributed by atoms with Gasteiger partial charge in [0.25, 0.3) is 15.9 Å². The lowest BCUT2D eigenvalue weighted by Gasteiger charge is -2.33. The Balaban J connectivity index is 2.02. The molecule has 1 fully saturated rings. The van der Waals surface area contributed by atoms with Gasteiger partial charge >= 0.3 is 0 Å². The number of rotatable bonds is 5. The Labute approximate surface area is 123 Å². The van der Waals surface area contributed by atoms with Crippen LogP contribution in [0.15, 0.2) is 21.6 Å². The van der Waals surface area contributed by atoms with E-state index in [0.717, 1.165) is 19.6 Å². The molecule has 1 amide bonds. The van der Waals surface area contributed by atoms with Crippen molar-refractivity contribution < 1.29 is 17.6 Å². The smallest absolute Gasteiger partial charge is 0.289 e. The predicted octanol–water partition coefficient (Wildman–Crippen LogP) is -1.10. The van der Waals surface area contributed by atoms with Crippen molar-refractivity contribution in [3.05, 3.63) is 17.9 Å². The summed E-state index contributed by atoms with van der Waals surface area (Å²) in [6.07, 6.45) is 0. The van der Waals surface area contributed by atoms with E-state index in [-0.39, 0.29) is 16.8 Å². The summed E-state index contributed by atoms with van der Waals surface area (Å²) in [6, 6.07) is 2.67. The lowest BCUT2D eigenvalue weighted by atomic mass is 10.3. The van der Waals surface area contributed by atoms with E-state index in [0.29, 0.717) is 19.6 Å². The molecule has 0 aromatic carbocycles. The van der Waals surface area contributed by atoms with Gasteiger partial charge in [0.05, 0.1) is 0 Å². The second kappa shape index (κ2) is 6.56. The number of sulfonamides is 1. The molecule has 2 rings (SSSR count). The topological polar surface area (TPSA) is 109 Å². The monoisotopic (exact) mass is 316 g/mol. The Morgan fingerprint density at radius 3 is 2.57 bits per heavy atom. The van der Waals surface area contributed by atoms with Crippen LogP contribution in [0.5, 0.6) is 0 Å². The molecule has 9 heteroatoms. The van der Waals surface area contributed by atoms with Crippen molar-refractivity contribution in [3.8, 4) is 0 Å². The first-order valence-corrected chi connectivity index (χ1v) is 8.21. The van der Waals surface area contributed by atoms with E-state index in [2.05, 4.69) is 9.62 Å². The Morgan fingerprint density at radius 2 is 2.00 bits per heavy atom. The van der Waals surface area contributed by atoms with Crippen molar-refractivity contribution in [2.24, 2.45) is 5.73 Å². The fourth-order valence-corrected chi connectivity index (χ4v) is 2.84. The maximum absolute atomic E-state index is 12.3. The number of amides is 1. The molecule has 118 valence electrons. The van der Waals surface area contributed by atoms with Crippen LogP contribution < -0.4 is 10.5 Å². The summed E-state index contributed by atoms with van der Waals surface area (Å²) in [5.74, 6) is -0.254. The van der Waals surface area contributed by atoms with Crippen molar-refractivity contribution >= 4 is 15.9 Å². The van der Waals surface area contributed by atoms with Crippen LogP contribution in [0.1, 0.15) is 10.6 Å². The van der Waals surface area contributed by atoms with Crippen molar-refractivity contribution in [3.63, 3.8) is 0 Å². The zero-order chi connectivity index (χ0) is 15.5. The first-order chi connectivity index (χ1) is 9.97. The summed E-state index contributed by atoms with van der Waals surface area (Å²) in [5, 5.41) is -0.255. The number of carbonyl (C=O) groups excluding carboxylic acids is 1. The number of hydrogen-bond acceptors (Lipinski definition) is 6. The van der Waals surface area contributed by atoms with Gasteiger partial charge in [-0.1, -0.05) is 0 Å². The number of hydrogen-bond donors (Lipinski definition) is 2. The van der Waals surface area contributed by atoms with Crippen LogP contribution in [0.2, 0.25) is 0 Å². The van der Waals surface area contributed by atoms with Gasteiger partial charge in [-0.15, -0.1) is 0 Å². The average Bonchev–Trinajstić information content (AvgIpc) is 2.98. The molecule has 0 bridgehead atoms. The Morgan fingerprint density at radius 1 is 1.33 bits per heavy atom. The molecular weight excluding hydrogens is 296 g/mol. The molecule has 1 saturated heterocycles. The van der Waals surface area contributed by atoms with Crippen LogP contribution in [-0.2, 0) is 10.0 Å². The molecule has 3 N–H and O–H groups in total. The maximum atomic E-state index is 12.3. The second-order valence-electron chi connectivity index (χ2n) is 4.75. The van der Waals surface area contributed by atoms with E-state index < -0.39 is 10.0 Å². The van der Waals surface area contributed by atoms with Crippen molar-refractivity contribution in [2.45, 2.75) is 5.09 Å². The van der Waals surface area contributed by atoms with Crippen molar-refractivity contribution in [1.82, 2.24) is 14.5 Å². The number of nitrogens with two attached hydrogens (primary N) is 1. The first kappa shape index (κ1) is 16.0. The normalized spacial score (nSPS) is 17.1. The van der Waals surface area contributed by atoms with E-state index in [1.807, 2.05) is 0 Å². The minimum Gasteiger partial charge on any atom is -0.438 e. The lowest BCUT2D eigenvalue weighted by Crippen LogP contribution is -2.49. The third kappa shape index (κ3) is 3.62. The van der Waals surface area contributed by atoms with Gasteiger partial charge in [0.15, 0.2) is 5.76 Å². The van der Waals surface area contributed by atoms with Crippen molar-refractivity contribution in [1.29, 1.82) is 0 Å². The van der Waals surface area contributed by atoms with Gasteiger partial charge < -0.3 is 15.1 Å². The van der Waals surface area contributed by atoms with E-state index in [9.17, 15) is 13.2 Å². The van der Waals surface area contributed by atoms with Gasteiger partial charge in [-0.05, 0) is 19.2 Å². The largest absolute Gasteiger partial charge is 0.438 e. The number of piperazine rings is 1. The molecule has 21 heavy (non-hydrogen) atoms. The summed E-state index contributed by atoms with van der Waals surface area (Å²) >= 11 is 0. The predicted molar refractivity (Wildman–Crippen MR) is 76.4 cm³/mol. The van der Waals surface area contributed by atoms with Gasteiger partial charge in [0, 0.05) is 39.3 Å². The van der Waals surface area contributed by atoms with Crippen LogP contribution in [0, 0.1) is 0 Å². The Kier molecular flexibility index (Phi) is 4.99. The van der Waals surface area contributed by atoms with Crippen LogP contribution in [0.3, 0.4) is 0 Å². The fourth-order valence-electron chi connectivity index (χ4n) is 2.19. The zero-order valence-corrected chi connectivity index (χ0v) is 12.7. The highest BCUT2D eigenvalue weighted by Gasteiger charge is 2.25. The number of nitrogens with one attached hydrogen (secondary N) is 1. The van der Waals surface area contributed by atoms with Crippen LogP contribution >= 0.6 is 0 Å². The maximum Gasteiger partial charge on any atom is 0.289 e. The van der Waals surface area contributed by atoms with Crippen LogP contribution in [0.4, 0.5) is 0 Å². The summed E-state index contributed by atoms with van der Waals surface area (Å²) in [5.41, 5.74) is 5.50. The van der Waals surface area contributed by atoms with Gasteiger partial charge in [-0.25, -0.2) is 13.1 Å². The van der Waals surface area contributed by atoms with E-state index in [1.165, 1.54) is 19.2 Å². The average molecular weight is 316 g/mol. The summed E-state index contributed by atoms with van der Waals surface area (Å²) in [7, 11) is -2.38. The Hall–Kier alpha value is -1.42. The fraction of sp³-hybridized carbons (Fsp3) is 0.583. The number of carbonyl (C=O) groups is 1. The molecule has 8 nitrogen and oxygen atoms in total. The first-order valence-electron chi connectivity index (χ1n) is 6.73. The van der Waals surface area contributed by atoms with Crippen molar-refractivity contribution in [2.75, 3.05) is 46.3 Å². The highest BCUT2D eigenvalue weighted by atomic mass is 32.2. The van der Waals surface area contributed by atoms with Gasteiger partial charge in [-0.2, -0.15) is 0 Å². The molecule has 1 aliphatic rings. The molecule has 1 aromatic rings. The van der Waals surface area contributed by atoms with Crippen LogP contribution in [-0.4, -0.2) is 70.4 Å². The van der Waals surface area contributed by atoms with Crippen LogP contribution in [0.25, 0.3) is 0 Å². The summed E-state index contributed by atoms with van der Waals surface area (Å²) in [4.78, 5) is 16.1. The van der Waals surface area contributed by atoms with Gasteiger partial charge in [-0.3, -0.25) is 9.69 Å². The van der Waals surface area contributed by atoms with E-state index >= 15 is 0 Å². The quantitative estimate of drug-likeness (QED) is 0.714. The SMILES string of the molecule is CNS(=O)(=O)c1ccc(C(=O)N2CCN(CCN)CC2)o1. The third-order valence-corrected chi connectivity index (χ3v) is 4.72. The zero-order valence-electron chi connectivity index (χ0n) is 11.9. The van der Waals surface area contributed by atoms with E-state index in [4.69, 9.17) is 10.2 Å². The second-order valence-corrected chi connectivity index (χ2v) is 6.57. The van der Waals surface area contributed by atoms with E-state index in [1.54, 1.807) is 4.90 Å². The third-order valence-electron chi connectivity index (χ3n) is 3.43. The number of nitrogens with zero attached hydrogens (tertiary/aromatic N) is 2. The van der Waals surface area contributed by atoms with Gasteiger partial charge in [0.2, 0.25) is 5.09 Å². The minimum atomic E-state index is -3.67. The Bertz CT molecular complexity index is 590. The molecule has 1 aromatic heterocycles. The minimum absolute atomic E-state index is 0.0381. The molecule has 0 saturated carbocycles. The van der Waals surface area contributed by atoms with Gasteiger partial charge in [0.1, 0.15) is 0 Å². The highest BCUT2D eigenvalue weighted by Crippen LogP contribution is 2.16. The standard InChI is InChI=1S/C12H20N4O4S/c1-14-21(18,19)11-3-2-10(20-11)12(17)16-8-6-15(5-4-13)7-9-16/h2-3,14H,4-9,13H2,1H3. The molecular formula is C12H20N4O4S. The molecule has 2 heterocycles. The molecule has 1 aliphatic heterocycles. The number of furan rings is 1. The molecule has 0 unspecified atom stereocenters. The molecule has 0 radical (unpaired) electrons. The molecule has 0 aliphatic carbocycles. The molecule has 0 atom stereocenters. The summed E-state index contributed by atoms with van der Waals surface area (Å²) in [6.45, 7) is 4.07. The highest BCUT2D eigenvalue weighted by molar-refractivity contribution is 7.89.